The average molecular weight is 1070 g/mol. The summed E-state index contributed by atoms with van der Waals surface area (Å²) in [6, 6.07) is -0.856. The second kappa shape index (κ2) is 51.3. The van der Waals surface area contributed by atoms with E-state index in [1.165, 1.54) is 238 Å². The first-order valence-corrected chi connectivity index (χ1v) is 32.9. The molecule has 0 aromatic heterocycles. The summed E-state index contributed by atoms with van der Waals surface area (Å²) in [5, 5.41) is 45.2. The number of hydrogen-bond donors (Lipinski definition) is 6. The molecule has 6 N–H and O–H groups in total. The van der Waals surface area contributed by atoms with E-state index in [0.717, 1.165) is 51.4 Å². The monoisotopic (exact) mass is 1070 g/mol. The highest BCUT2D eigenvalue weighted by atomic mass is 32.3. The van der Waals surface area contributed by atoms with Gasteiger partial charge in [0.1, 0.15) is 24.4 Å². The van der Waals surface area contributed by atoms with Gasteiger partial charge in [-0.25, -0.2) is 4.18 Å². The molecule has 74 heavy (non-hydrogen) atoms. The van der Waals surface area contributed by atoms with Gasteiger partial charge in [0.15, 0.2) is 6.29 Å². The number of aliphatic hydroxyl groups is 4. The van der Waals surface area contributed by atoms with Gasteiger partial charge in [-0.2, -0.15) is 8.42 Å². The van der Waals surface area contributed by atoms with Crippen LogP contribution in [0.15, 0.2) is 12.2 Å². The zero-order valence-electron chi connectivity index (χ0n) is 47.9. The quantitative estimate of drug-likeness (QED) is 0.0193. The van der Waals surface area contributed by atoms with Crippen LogP contribution in [-0.4, -0.2) is 95.4 Å². The van der Waals surface area contributed by atoms with Crippen molar-refractivity contribution >= 4 is 16.3 Å². The largest absolute Gasteiger partial charge is 0.397 e. The highest BCUT2D eigenvalue weighted by molar-refractivity contribution is 7.80. The maximum atomic E-state index is 13.2. The highest BCUT2D eigenvalue weighted by Gasteiger charge is 2.48. The second-order valence-electron chi connectivity index (χ2n) is 22.4. The molecule has 13 heteroatoms. The van der Waals surface area contributed by atoms with Crippen molar-refractivity contribution in [1.82, 2.24) is 5.32 Å². The van der Waals surface area contributed by atoms with Crippen LogP contribution in [0.5, 0.6) is 0 Å². The van der Waals surface area contributed by atoms with E-state index in [2.05, 4.69) is 35.5 Å². The second-order valence-corrected chi connectivity index (χ2v) is 23.4. The Morgan fingerprint density at radius 3 is 1.22 bits per heavy atom. The number of rotatable bonds is 56. The molecule has 0 bridgehead atoms. The van der Waals surface area contributed by atoms with Gasteiger partial charge in [-0.05, 0) is 38.5 Å². The maximum absolute atomic E-state index is 13.2. The zero-order chi connectivity index (χ0) is 54.0. The minimum atomic E-state index is -5.08. The normalized spacial score (nSPS) is 19.1. The predicted molar refractivity (Wildman–Crippen MR) is 306 cm³/mol. The molecule has 0 radical (unpaired) electrons. The number of carbonyl (C=O) groups excluding carboxylic acids is 1. The smallest absolute Gasteiger partial charge is 0.394 e. The van der Waals surface area contributed by atoms with Crippen molar-refractivity contribution in [3.63, 3.8) is 0 Å². The number of amides is 1. The summed E-state index contributed by atoms with van der Waals surface area (Å²) in [4.78, 5) is 13.2. The summed E-state index contributed by atoms with van der Waals surface area (Å²) in [5.74, 6) is -0.224. The van der Waals surface area contributed by atoms with Crippen molar-refractivity contribution in [3.8, 4) is 0 Å². The number of unbranched alkanes of at least 4 members (excludes halogenated alkanes) is 42. The Labute approximate surface area is 455 Å². The third kappa shape index (κ3) is 42.8. The van der Waals surface area contributed by atoms with Crippen molar-refractivity contribution in [2.24, 2.45) is 0 Å². The topological polar surface area (TPSA) is 192 Å². The van der Waals surface area contributed by atoms with Crippen LogP contribution in [0.4, 0.5) is 0 Å². The van der Waals surface area contributed by atoms with Crippen molar-refractivity contribution in [1.29, 1.82) is 0 Å². The molecule has 1 fully saturated rings. The third-order valence-electron chi connectivity index (χ3n) is 15.3. The van der Waals surface area contributed by atoms with Crippen LogP contribution in [0.3, 0.4) is 0 Å². The van der Waals surface area contributed by atoms with E-state index in [4.69, 9.17) is 9.47 Å². The number of carbonyl (C=O) groups is 1. The van der Waals surface area contributed by atoms with Crippen LogP contribution < -0.4 is 5.32 Å². The van der Waals surface area contributed by atoms with E-state index in [1.807, 2.05) is 0 Å². The van der Waals surface area contributed by atoms with Crippen LogP contribution in [0.2, 0.25) is 0 Å². The summed E-state index contributed by atoms with van der Waals surface area (Å²) in [6.07, 6.45) is 53.8. The summed E-state index contributed by atoms with van der Waals surface area (Å²) < 4.78 is 48.0. The molecular weight excluding hydrogens is 955 g/mol. The molecule has 12 nitrogen and oxygen atoms in total. The number of aliphatic hydroxyl groups excluding tert-OH is 4. The predicted octanol–water partition coefficient (Wildman–Crippen LogP) is 15.4. The van der Waals surface area contributed by atoms with E-state index in [0.29, 0.717) is 12.8 Å². The molecule has 7 atom stereocenters. The van der Waals surface area contributed by atoms with Crippen LogP contribution in [0, 0.1) is 0 Å². The molecule has 0 saturated carbocycles. The Hall–Kier alpha value is -1.16. The van der Waals surface area contributed by atoms with Gasteiger partial charge in [-0.15, -0.1) is 0 Å². The van der Waals surface area contributed by atoms with Crippen molar-refractivity contribution in [2.75, 3.05) is 13.2 Å². The number of hydrogen-bond acceptors (Lipinski definition) is 10. The highest BCUT2D eigenvalue weighted by Crippen LogP contribution is 2.26. The minimum Gasteiger partial charge on any atom is -0.394 e. The van der Waals surface area contributed by atoms with E-state index >= 15 is 0 Å². The molecule has 1 aliphatic rings. The van der Waals surface area contributed by atoms with E-state index in [1.54, 1.807) is 0 Å². The first-order valence-electron chi connectivity index (χ1n) is 31.6. The van der Waals surface area contributed by atoms with Gasteiger partial charge in [0.2, 0.25) is 5.91 Å². The molecule has 7 unspecified atom stereocenters. The molecule has 0 aromatic rings. The molecule has 0 aliphatic carbocycles. The molecule has 1 amide bonds. The summed E-state index contributed by atoms with van der Waals surface area (Å²) in [6.45, 7) is 3.50. The molecule has 1 aliphatic heterocycles. The lowest BCUT2D eigenvalue weighted by Gasteiger charge is -2.41. The lowest BCUT2D eigenvalue weighted by atomic mass is 9.99. The third-order valence-corrected chi connectivity index (χ3v) is 15.8. The lowest BCUT2D eigenvalue weighted by Crippen LogP contribution is -2.61. The molecule has 1 saturated heterocycles. The number of allylic oxidation sites excluding steroid dienone is 2. The Bertz CT molecular complexity index is 1350. The summed E-state index contributed by atoms with van der Waals surface area (Å²) >= 11 is 0. The van der Waals surface area contributed by atoms with Gasteiger partial charge in [-0.3, -0.25) is 9.35 Å². The molecule has 1 rings (SSSR count). The van der Waals surface area contributed by atoms with Crippen molar-refractivity contribution < 1.29 is 51.8 Å². The molecule has 0 aromatic carbocycles. The van der Waals surface area contributed by atoms with Crippen LogP contribution in [0.1, 0.15) is 316 Å². The number of nitrogens with one attached hydrogen (secondary N) is 1. The fourth-order valence-corrected chi connectivity index (χ4v) is 11.0. The Morgan fingerprint density at radius 2 is 0.865 bits per heavy atom. The standard InChI is InChI=1S/C61H119NO11S/c1-3-5-7-9-11-13-15-17-19-21-22-23-24-25-26-27-28-29-30-31-32-33-35-37-39-41-43-45-47-49-51-57(65)62-54(53-71-61-59(67)60(73-74(68,69)70)58(66)56(52-63)72-61)55(64)50-48-46-44-42-40-38-36-34-20-18-16-14-12-10-8-6-4-2/h25-26,54-56,58-61,63-64,66-67H,3-24,27-53H2,1-2H3,(H,62,65)(H,68,69,70)/b26-25-. The minimum absolute atomic E-state index is 0.224. The maximum Gasteiger partial charge on any atom is 0.397 e. The molecular formula is C61H119NO11S. The summed E-state index contributed by atoms with van der Waals surface area (Å²) in [5.41, 5.74) is 0. The van der Waals surface area contributed by atoms with Crippen LogP contribution in [-0.2, 0) is 28.9 Å². The van der Waals surface area contributed by atoms with Crippen LogP contribution in [0.25, 0.3) is 0 Å². The molecule has 440 valence electrons. The van der Waals surface area contributed by atoms with Gasteiger partial charge in [0.25, 0.3) is 0 Å². The van der Waals surface area contributed by atoms with E-state index in [9.17, 15) is 38.2 Å². The first-order chi connectivity index (χ1) is 36.0. The van der Waals surface area contributed by atoms with Gasteiger partial charge in [-0.1, -0.05) is 283 Å². The SMILES string of the molecule is CCCCCCCCCCCCCC/C=C\CCCCCCCCCCCCCCCCC(=O)NC(COC1OC(CO)C(O)C(OS(=O)(=O)O)C1O)C(O)CCCCCCCCCCCCCCCCCCC. The fraction of sp³-hybridized carbons (Fsp3) is 0.951. The van der Waals surface area contributed by atoms with E-state index in [-0.39, 0.29) is 12.5 Å². The Morgan fingerprint density at radius 1 is 0.527 bits per heavy atom. The zero-order valence-corrected chi connectivity index (χ0v) is 48.8. The average Bonchev–Trinajstić information content (AvgIpc) is 3.38. The van der Waals surface area contributed by atoms with Gasteiger partial charge in [0, 0.05) is 6.42 Å². The molecule has 0 spiro atoms. The first kappa shape index (κ1) is 70.9. The molecule has 1 heterocycles. The van der Waals surface area contributed by atoms with Crippen LogP contribution >= 0.6 is 0 Å². The van der Waals surface area contributed by atoms with Crippen molar-refractivity contribution in [2.45, 2.75) is 358 Å². The Balaban J connectivity index is 2.25. The van der Waals surface area contributed by atoms with Crippen molar-refractivity contribution in [3.05, 3.63) is 12.2 Å². The van der Waals surface area contributed by atoms with E-state index < -0.39 is 59.9 Å². The lowest BCUT2D eigenvalue weighted by molar-refractivity contribution is -0.298. The van der Waals surface area contributed by atoms with Gasteiger partial charge < -0.3 is 35.2 Å². The van der Waals surface area contributed by atoms with Gasteiger partial charge >= 0.3 is 10.4 Å². The Kier molecular flexibility index (Phi) is 49.1. The summed E-state index contributed by atoms with van der Waals surface area (Å²) in [7, 11) is -5.08. The fourth-order valence-electron chi connectivity index (χ4n) is 10.5. The van der Waals surface area contributed by atoms with Gasteiger partial charge in [0.05, 0.1) is 25.4 Å². The number of ether oxygens (including phenoxy) is 2.